The molecule has 1 aliphatic carbocycles. The molecule has 1 saturated carbocycles. The van der Waals surface area contributed by atoms with Gasteiger partial charge in [0.2, 0.25) is 5.89 Å². The van der Waals surface area contributed by atoms with Crippen LogP contribution in [-0.2, 0) is 6.54 Å². The van der Waals surface area contributed by atoms with Gasteiger partial charge in [-0.05, 0) is 56.9 Å². The van der Waals surface area contributed by atoms with Crippen molar-refractivity contribution in [1.29, 1.82) is 0 Å². The highest BCUT2D eigenvalue weighted by Gasteiger charge is 2.29. The number of amides is 1. The number of aromatic amines is 1. The Labute approximate surface area is 201 Å². The molecule has 1 aliphatic rings. The normalized spacial score (nSPS) is 13.5. The second-order valence-electron chi connectivity index (χ2n) is 9.53. The van der Waals surface area contributed by atoms with Crippen LogP contribution >= 0.6 is 0 Å². The number of carbonyl (C=O) groups is 1. The smallest absolute Gasteiger partial charge is 0.330 e. The van der Waals surface area contributed by atoms with Gasteiger partial charge in [-0.2, -0.15) is 0 Å². The van der Waals surface area contributed by atoms with Gasteiger partial charge < -0.3 is 9.73 Å². The van der Waals surface area contributed by atoms with Crippen LogP contribution in [-0.4, -0.2) is 25.4 Å². The van der Waals surface area contributed by atoms with Crippen molar-refractivity contribution in [2.75, 3.05) is 5.32 Å². The second-order valence-corrected chi connectivity index (χ2v) is 9.53. The maximum absolute atomic E-state index is 13.5. The Morgan fingerprint density at radius 1 is 1.20 bits per heavy atom. The zero-order chi connectivity index (χ0) is 24.9. The summed E-state index contributed by atoms with van der Waals surface area (Å²) in [5.41, 5.74) is 2.09. The SMILES string of the molecule is Cc1nc(-c2cccc(NC(=O)c3cc(C4CC4)nc4c3c(=O)[nH]c(=O)n4CC(C)C)c2)oc1C. The van der Waals surface area contributed by atoms with Crippen LogP contribution < -0.4 is 16.6 Å². The summed E-state index contributed by atoms with van der Waals surface area (Å²) in [7, 11) is 0. The molecule has 0 radical (unpaired) electrons. The first-order chi connectivity index (χ1) is 16.7. The maximum Gasteiger partial charge on any atom is 0.330 e. The second kappa shape index (κ2) is 8.65. The third-order valence-corrected chi connectivity index (χ3v) is 6.15. The number of hydrogen-bond acceptors (Lipinski definition) is 6. The molecule has 0 aliphatic heterocycles. The summed E-state index contributed by atoms with van der Waals surface area (Å²) < 4.78 is 7.17. The molecule has 1 fully saturated rings. The lowest BCUT2D eigenvalue weighted by Crippen LogP contribution is -2.33. The lowest BCUT2D eigenvalue weighted by molar-refractivity contribution is 0.102. The van der Waals surface area contributed by atoms with Gasteiger partial charge in [0.1, 0.15) is 5.76 Å². The fourth-order valence-corrected chi connectivity index (χ4v) is 4.12. The highest BCUT2D eigenvalue weighted by atomic mass is 16.4. The van der Waals surface area contributed by atoms with Crippen molar-refractivity contribution in [2.24, 2.45) is 5.92 Å². The van der Waals surface area contributed by atoms with Crippen molar-refractivity contribution >= 4 is 22.6 Å². The molecule has 3 aromatic heterocycles. The molecular weight excluding hydrogens is 446 g/mol. The average Bonchev–Trinajstić information content (AvgIpc) is 3.60. The van der Waals surface area contributed by atoms with E-state index in [0.29, 0.717) is 18.1 Å². The number of H-pyrrole nitrogens is 1. The number of nitrogens with one attached hydrogen (secondary N) is 2. The van der Waals surface area contributed by atoms with Crippen LogP contribution in [0.2, 0.25) is 0 Å². The summed E-state index contributed by atoms with van der Waals surface area (Å²) in [4.78, 5) is 50.4. The number of carbonyl (C=O) groups excluding carboxylic acids is 1. The van der Waals surface area contributed by atoms with E-state index in [1.807, 2.05) is 33.8 Å². The highest BCUT2D eigenvalue weighted by molar-refractivity contribution is 6.12. The number of benzene rings is 1. The van der Waals surface area contributed by atoms with Crippen LogP contribution in [0.4, 0.5) is 5.69 Å². The number of anilines is 1. The Morgan fingerprint density at radius 2 is 1.97 bits per heavy atom. The number of hydrogen-bond donors (Lipinski definition) is 2. The first kappa shape index (κ1) is 22.8. The molecular formula is C26H27N5O4. The summed E-state index contributed by atoms with van der Waals surface area (Å²) in [6, 6.07) is 8.86. The molecule has 1 aromatic carbocycles. The predicted molar refractivity (Wildman–Crippen MR) is 133 cm³/mol. The molecule has 0 bridgehead atoms. The van der Waals surface area contributed by atoms with E-state index in [-0.39, 0.29) is 28.4 Å². The number of aryl methyl sites for hydroxylation is 2. The minimum atomic E-state index is -0.621. The van der Waals surface area contributed by atoms with Gasteiger partial charge in [0, 0.05) is 29.4 Å². The van der Waals surface area contributed by atoms with Crippen LogP contribution in [0.15, 0.2) is 44.3 Å². The standard InChI is InChI=1S/C26H27N5O4/c1-13(2)12-31-22-21(24(33)30-26(31)34)19(11-20(29-22)16-8-9-16)23(32)28-18-7-5-6-17(10-18)25-27-14(3)15(4)35-25/h5-7,10-11,13,16H,8-9,12H2,1-4H3,(H,28,32)(H,30,33,34). The average molecular weight is 474 g/mol. The highest BCUT2D eigenvalue weighted by Crippen LogP contribution is 2.40. The number of rotatable bonds is 6. The van der Waals surface area contributed by atoms with Crippen molar-refractivity contribution in [2.45, 2.75) is 53.0 Å². The van der Waals surface area contributed by atoms with Gasteiger partial charge in [0.15, 0.2) is 5.65 Å². The lowest BCUT2D eigenvalue weighted by Gasteiger charge is -2.15. The predicted octanol–water partition coefficient (Wildman–Crippen LogP) is 4.14. The van der Waals surface area contributed by atoms with Crippen LogP contribution in [0.3, 0.4) is 0 Å². The van der Waals surface area contributed by atoms with E-state index in [4.69, 9.17) is 4.42 Å². The van der Waals surface area contributed by atoms with Gasteiger partial charge in [0.05, 0.1) is 16.6 Å². The van der Waals surface area contributed by atoms with E-state index in [1.54, 1.807) is 24.3 Å². The molecule has 5 rings (SSSR count). The molecule has 0 atom stereocenters. The summed E-state index contributed by atoms with van der Waals surface area (Å²) >= 11 is 0. The zero-order valence-corrected chi connectivity index (χ0v) is 20.1. The molecule has 9 heteroatoms. The van der Waals surface area contributed by atoms with E-state index in [2.05, 4.69) is 20.3 Å². The fourth-order valence-electron chi connectivity index (χ4n) is 4.12. The van der Waals surface area contributed by atoms with Gasteiger partial charge in [-0.3, -0.25) is 19.1 Å². The molecule has 180 valence electrons. The Balaban J connectivity index is 1.59. The summed E-state index contributed by atoms with van der Waals surface area (Å²) in [6.07, 6.45) is 1.93. The van der Waals surface area contributed by atoms with Gasteiger partial charge in [0.25, 0.3) is 11.5 Å². The third kappa shape index (κ3) is 4.41. The number of aromatic nitrogens is 4. The molecule has 0 unspecified atom stereocenters. The van der Waals surface area contributed by atoms with Crippen molar-refractivity contribution in [3.8, 4) is 11.5 Å². The molecule has 0 saturated heterocycles. The molecule has 9 nitrogen and oxygen atoms in total. The Morgan fingerprint density at radius 3 is 2.63 bits per heavy atom. The van der Waals surface area contributed by atoms with Gasteiger partial charge in [-0.15, -0.1) is 0 Å². The molecule has 1 amide bonds. The Kier molecular flexibility index (Phi) is 5.62. The van der Waals surface area contributed by atoms with Gasteiger partial charge in [-0.25, -0.2) is 14.8 Å². The molecule has 4 aromatic rings. The van der Waals surface area contributed by atoms with Crippen LogP contribution in [0, 0.1) is 19.8 Å². The van der Waals surface area contributed by atoms with E-state index >= 15 is 0 Å². The summed E-state index contributed by atoms with van der Waals surface area (Å²) in [5, 5.41) is 3.01. The van der Waals surface area contributed by atoms with E-state index in [1.165, 1.54) is 4.57 Å². The summed E-state index contributed by atoms with van der Waals surface area (Å²) in [6.45, 7) is 8.05. The Hall–Kier alpha value is -4.01. The number of fused-ring (bicyclic) bond motifs is 1. The number of oxazole rings is 1. The topological polar surface area (TPSA) is 123 Å². The lowest BCUT2D eigenvalue weighted by atomic mass is 10.1. The first-order valence-electron chi connectivity index (χ1n) is 11.7. The first-order valence-corrected chi connectivity index (χ1v) is 11.7. The van der Waals surface area contributed by atoms with Crippen molar-refractivity contribution in [1.82, 2.24) is 19.5 Å². The minimum absolute atomic E-state index is 0.113. The molecule has 35 heavy (non-hydrogen) atoms. The fraction of sp³-hybridized carbons (Fsp3) is 0.346. The van der Waals surface area contributed by atoms with Crippen molar-refractivity contribution in [3.63, 3.8) is 0 Å². The third-order valence-electron chi connectivity index (χ3n) is 6.15. The van der Waals surface area contributed by atoms with Gasteiger partial charge >= 0.3 is 5.69 Å². The van der Waals surface area contributed by atoms with Crippen LogP contribution in [0.5, 0.6) is 0 Å². The molecule has 2 N–H and O–H groups in total. The van der Waals surface area contributed by atoms with Crippen molar-refractivity contribution < 1.29 is 9.21 Å². The number of nitrogens with zero attached hydrogens (tertiary/aromatic N) is 3. The largest absolute Gasteiger partial charge is 0.441 e. The van der Waals surface area contributed by atoms with E-state index < -0.39 is 17.2 Å². The van der Waals surface area contributed by atoms with E-state index in [9.17, 15) is 14.4 Å². The van der Waals surface area contributed by atoms with Crippen LogP contribution in [0.25, 0.3) is 22.5 Å². The van der Waals surface area contributed by atoms with Crippen molar-refractivity contribution in [3.05, 3.63) is 73.9 Å². The zero-order valence-electron chi connectivity index (χ0n) is 20.1. The quantitative estimate of drug-likeness (QED) is 0.434. The minimum Gasteiger partial charge on any atom is -0.441 e. The number of pyridine rings is 1. The van der Waals surface area contributed by atoms with Crippen LogP contribution in [0.1, 0.15) is 60.1 Å². The van der Waals surface area contributed by atoms with E-state index in [0.717, 1.165) is 35.6 Å². The molecule has 3 heterocycles. The van der Waals surface area contributed by atoms with Gasteiger partial charge in [-0.1, -0.05) is 19.9 Å². The monoisotopic (exact) mass is 473 g/mol. The summed E-state index contributed by atoms with van der Waals surface area (Å²) in [5.74, 6) is 1.13. The Bertz CT molecular complexity index is 1550. The maximum atomic E-state index is 13.5. The molecule has 0 spiro atoms.